The lowest BCUT2D eigenvalue weighted by atomic mass is 9.85. The van der Waals surface area contributed by atoms with Gasteiger partial charge in [-0.05, 0) is 37.8 Å². The number of para-hydroxylation sites is 1. The van der Waals surface area contributed by atoms with Gasteiger partial charge in [0.2, 0.25) is 5.91 Å². The molecule has 7 nitrogen and oxygen atoms in total. The van der Waals surface area contributed by atoms with Gasteiger partial charge in [-0.25, -0.2) is 4.79 Å². The van der Waals surface area contributed by atoms with E-state index in [9.17, 15) is 14.4 Å². The number of nitrogens with one attached hydrogen (secondary N) is 1. The molecule has 3 aliphatic rings. The van der Waals surface area contributed by atoms with Crippen molar-refractivity contribution in [2.45, 2.75) is 31.7 Å². The minimum atomic E-state index is -0.793. The van der Waals surface area contributed by atoms with Crippen LogP contribution in [0.15, 0.2) is 24.3 Å². The third-order valence-electron chi connectivity index (χ3n) is 5.85. The summed E-state index contributed by atoms with van der Waals surface area (Å²) in [4.78, 5) is 40.7. The maximum absolute atomic E-state index is 12.9. The molecule has 3 aliphatic heterocycles. The largest absolute Gasteiger partial charge is 0.492 e. The first-order valence-electron chi connectivity index (χ1n) is 9.17. The molecule has 1 atom stereocenters. The summed E-state index contributed by atoms with van der Waals surface area (Å²) in [5.74, 6) is 0.502. The Labute approximate surface area is 152 Å². The Bertz CT molecular complexity index is 755. The molecule has 0 aromatic heterocycles. The molecule has 1 spiro atoms. The number of ether oxygens (including phenoxy) is 1. The molecule has 0 unspecified atom stereocenters. The average Bonchev–Trinajstić information content (AvgIpc) is 2.90. The highest BCUT2D eigenvalue weighted by Crippen LogP contribution is 2.34. The van der Waals surface area contributed by atoms with Crippen LogP contribution < -0.4 is 10.1 Å². The van der Waals surface area contributed by atoms with E-state index < -0.39 is 5.54 Å². The summed E-state index contributed by atoms with van der Waals surface area (Å²) < 4.78 is 5.74. The third kappa shape index (κ3) is 2.53. The summed E-state index contributed by atoms with van der Waals surface area (Å²) in [5, 5.41) is 2.42. The van der Waals surface area contributed by atoms with E-state index in [1.54, 1.807) is 4.90 Å². The van der Waals surface area contributed by atoms with Crippen LogP contribution in [-0.4, -0.2) is 59.4 Å². The monoisotopic (exact) mass is 357 g/mol. The molecule has 2 fully saturated rings. The van der Waals surface area contributed by atoms with Gasteiger partial charge in [-0.1, -0.05) is 18.2 Å². The summed E-state index contributed by atoms with van der Waals surface area (Å²) >= 11 is 0. The second kappa shape index (κ2) is 6.30. The van der Waals surface area contributed by atoms with Gasteiger partial charge in [0.15, 0.2) is 0 Å². The van der Waals surface area contributed by atoms with Crippen LogP contribution in [0.5, 0.6) is 5.75 Å². The predicted octanol–water partition coefficient (Wildman–Crippen LogP) is 1.17. The smallest absolute Gasteiger partial charge is 0.325 e. The SMILES string of the molecule is CCN1C(=O)NC(=O)C12CCN(C(=O)[C@@H]1COc3ccccc3C1)CC2. The Hall–Kier alpha value is -2.57. The van der Waals surface area contributed by atoms with Gasteiger partial charge in [-0.15, -0.1) is 0 Å². The number of hydrogen-bond acceptors (Lipinski definition) is 4. The van der Waals surface area contributed by atoms with E-state index in [4.69, 9.17) is 4.74 Å². The number of rotatable bonds is 2. The first-order valence-corrected chi connectivity index (χ1v) is 9.17. The van der Waals surface area contributed by atoms with E-state index in [-0.39, 0.29) is 23.8 Å². The summed E-state index contributed by atoms with van der Waals surface area (Å²) in [7, 11) is 0. The van der Waals surface area contributed by atoms with Crippen LogP contribution in [-0.2, 0) is 16.0 Å². The second-order valence-electron chi connectivity index (χ2n) is 7.18. The predicted molar refractivity (Wildman–Crippen MR) is 93.6 cm³/mol. The number of nitrogens with zero attached hydrogens (tertiary/aromatic N) is 2. The van der Waals surface area contributed by atoms with Gasteiger partial charge < -0.3 is 14.5 Å². The molecule has 138 valence electrons. The zero-order valence-corrected chi connectivity index (χ0v) is 14.9. The molecule has 4 amide bonds. The average molecular weight is 357 g/mol. The summed E-state index contributed by atoms with van der Waals surface area (Å²) in [6, 6.07) is 7.48. The molecule has 0 aliphatic carbocycles. The van der Waals surface area contributed by atoms with Crippen molar-refractivity contribution in [2.24, 2.45) is 5.92 Å². The molecule has 26 heavy (non-hydrogen) atoms. The van der Waals surface area contributed by atoms with Gasteiger partial charge in [0, 0.05) is 19.6 Å². The molecular formula is C19H23N3O4. The lowest BCUT2D eigenvalue weighted by Crippen LogP contribution is -2.58. The van der Waals surface area contributed by atoms with E-state index in [2.05, 4.69) is 5.32 Å². The van der Waals surface area contributed by atoms with Crippen LogP contribution in [0.3, 0.4) is 0 Å². The van der Waals surface area contributed by atoms with Gasteiger partial charge in [0.05, 0.1) is 5.92 Å². The first-order chi connectivity index (χ1) is 12.5. The summed E-state index contributed by atoms with van der Waals surface area (Å²) in [5.41, 5.74) is 0.265. The van der Waals surface area contributed by atoms with Crippen molar-refractivity contribution in [2.75, 3.05) is 26.2 Å². The maximum atomic E-state index is 12.9. The van der Waals surface area contributed by atoms with Crippen molar-refractivity contribution in [3.05, 3.63) is 29.8 Å². The highest BCUT2D eigenvalue weighted by molar-refractivity contribution is 6.07. The Balaban J connectivity index is 1.43. The molecule has 0 bridgehead atoms. The number of piperidine rings is 1. The van der Waals surface area contributed by atoms with E-state index in [0.29, 0.717) is 45.5 Å². The number of benzene rings is 1. The number of likely N-dealkylation sites (N-methyl/N-ethyl adjacent to an activating group) is 1. The van der Waals surface area contributed by atoms with Gasteiger partial charge in [0.1, 0.15) is 17.9 Å². The van der Waals surface area contributed by atoms with E-state index in [1.165, 1.54) is 0 Å². The fourth-order valence-corrected chi connectivity index (χ4v) is 4.38. The van der Waals surface area contributed by atoms with E-state index in [1.807, 2.05) is 36.1 Å². The number of amides is 4. The standard InChI is InChI=1S/C19H23N3O4/c1-2-22-18(25)20-17(24)19(22)7-9-21(10-8-19)16(23)14-11-13-5-3-4-6-15(13)26-12-14/h3-6,14H,2,7-12H2,1H3,(H,20,24,25)/t14-/m0/s1. The number of urea groups is 1. The van der Waals surface area contributed by atoms with Crippen LogP contribution in [0.25, 0.3) is 0 Å². The first kappa shape index (κ1) is 16.9. The third-order valence-corrected chi connectivity index (χ3v) is 5.85. The second-order valence-corrected chi connectivity index (χ2v) is 7.18. The van der Waals surface area contributed by atoms with Crippen molar-refractivity contribution < 1.29 is 19.1 Å². The van der Waals surface area contributed by atoms with E-state index >= 15 is 0 Å². The Morgan fingerprint density at radius 2 is 2.00 bits per heavy atom. The quantitative estimate of drug-likeness (QED) is 0.806. The topological polar surface area (TPSA) is 79.0 Å². The molecule has 4 rings (SSSR count). The minimum Gasteiger partial charge on any atom is -0.492 e. The van der Waals surface area contributed by atoms with Gasteiger partial charge in [-0.3, -0.25) is 14.9 Å². The number of fused-ring (bicyclic) bond motifs is 1. The van der Waals surface area contributed by atoms with Crippen molar-refractivity contribution in [3.8, 4) is 5.75 Å². The van der Waals surface area contributed by atoms with Gasteiger partial charge in [0.25, 0.3) is 5.91 Å². The van der Waals surface area contributed by atoms with Crippen LogP contribution in [0, 0.1) is 5.92 Å². The molecule has 3 heterocycles. The summed E-state index contributed by atoms with van der Waals surface area (Å²) in [6.45, 7) is 3.70. The van der Waals surface area contributed by atoms with Crippen LogP contribution in [0.2, 0.25) is 0 Å². The summed E-state index contributed by atoms with van der Waals surface area (Å²) in [6.07, 6.45) is 1.64. The molecule has 1 N–H and O–H groups in total. The fourth-order valence-electron chi connectivity index (χ4n) is 4.38. The normalized spacial score (nSPS) is 24.3. The highest BCUT2D eigenvalue weighted by atomic mass is 16.5. The molecule has 2 saturated heterocycles. The number of likely N-dealkylation sites (tertiary alicyclic amines) is 1. The Kier molecular flexibility index (Phi) is 4.09. The Morgan fingerprint density at radius 3 is 2.73 bits per heavy atom. The fraction of sp³-hybridized carbons (Fsp3) is 0.526. The van der Waals surface area contributed by atoms with Crippen LogP contribution in [0.1, 0.15) is 25.3 Å². The lowest BCUT2D eigenvalue weighted by molar-refractivity contribution is -0.142. The molecule has 7 heteroatoms. The molecule has 0 radical (unpaired) electrons. The van der Waals surface area contributed by atoms with Gasteiger partial charge >= 0.3 is 6.03 Å². The Morgan fingerprint density at radius 1 is 1.27 bits per heavy atom. The zero-order chi connectivity index (χ0) is 18.3. The van der Waals surface area contributed by atoms with Crippen LogP contribution in [0.4, 0.5) is 4.79 Å². The maximum Gasteiger partial charge on any atom is 0.325 e. The lowest BCUT2D eigenvalue weighted by Gasteiger charge is -2.42. The van der Waals surface area contributed by atoms with E-state index in [0.717, 1.165) is 11.3 Å². The zero-order valence-electron chi connectivity index (χ0n) is 14.9. The van der Waals surface area contributed by atoms with Crippen molar-refractivity contribution in [3.63, 3.8) is 0 Å². The molecular weight excluding hydrogens is 334 g/mol. The molecule has 1 aromatic rings. The highest BCUT2D eigenvalue weighted by Gasteiger charge is 2.53. The van der Waals surface area contributed by atoms with Crippen molar-refractivity contribution >= 4 is 17.8 Å². The molecule has 1 aromatic carbocycles. The number of hydrogen-bond donors (Lipinski definition) is 1. The number of carbonyl (C=O) groups excluding carboxylic acids is 3. The minimum absolute atomic E-state index is 0.0714. The van der Waals surface area contributed by atoms with Crippen molar-refractivity contribution in [1.82, 2.24) is 15.1 Å². The molecule has 0 saturated carbocycles. The van der Waals surface area contributed by atoms with Crippen molar-refractivity contribution in [1.29, 1.82) is 0 Å². The van der Waals surface area contributed by atoms with Gasteiger partial charge in [-0.2, -0.15) is 0 Å². The van der Waals surface area contributed by atoms with Crippen LogP contribution >= 0.6 is 0 Å². The number of imide groups is 1. The number of carbonyl (C=O) groups is 3.